The van der Waals surface area contributed by atoms with Crippen molar-refractivity contribution in [2.75, 3.05) is 26.3 Å². The van der Waals surface area contributed by atoms with E-state index in [9.17, 15) is 9.90 Å². The average Bonchev–Trinajstić information content (AvgIpc) is 3.51. The van der Waals surface area contributed by atoms with Crippen LogP contribution in [0.4, 0.5) is 4.79 Å². The molecule has 0 bridgehead atoms. The Morgan fingerprint density at radius 2 is 2.29 bits per heavy atom. The van der Waals surface area contributed by atoms with Gasteiger partial charge in [-0.3, -0.25) is 0 Å². The van der Waals surface area contributed by atoms with Gasteiger partial charge in [-0.2, -0.15) is 0 Å². The number of aliphatic hydroxyl groups is 1. The van der Waals surface area contributed by atoms with Crippen molar-refractivity contribution in [3.05, 3.63) is 24.2 Å². The van der Waals surface area contributed by atoms with Gasteiger partial charge in [0.2, 0.25) is 0 Å². The van der Waals surface area contributed by atoms with Crippen molar-refractivity contribution in [2.24, 2.45) is 11.3 Å². The largest absolute Gasteiger partial charge is 0.467 e. The number of rotatable bonds is 6. The van der Waals surface area contributed by atoms with E-state index in [-0.39, 0.29) is 12.1 Å². The smallest absolute Gasteiger partial charge is 0.317 e. The van der Waals surface area contributed by atoms with E-state index < -0.39 is 6.10 Å². The van der Waals surface area contributed by atoms with Crippen molar-refractivity contribution in [2.45, 2.75) is 44.2 Å². The molecule has 2 saturated carbocycles. The summed E-state index contributed by atoms with van der Waals surface area (Å²) in [5.74, 6) is 1.37. The van der Waals surface area contributed by atoms with Crippen LogP contribution in [0.3, 0.4) is 0 Å². The number of nitrogens with one attached hydrogen (secondary N) is 1. The Bertz CT molecular complexity index is 566. The van der Waals surface area contributed by atoms with Crippen molar-refractivity contribution in [3.63, 3.8) is 0 Å². The van der Waals surface area contributed by atoms with E-state index in [1.54, 1.807) is 18.4 Å². The summed E-state index contributed by atoms with van der Waals surface area (Å²) in [6.07, 6.45) is 6.41. The molecule has 4 rings (SSSR count). The number of nitrogens with zero attached hydrogens (tertiary/aromatic N) is 1. The van der Waals surface area contributed by atoms with Crippen LogP contribution in [0.15, 0.2) is 22.8 Å². The average molecular weight is 334 g/mol. The minimum absolute atomic E-state index is 0.0260. The van der Waals surface area contributed by atoms with Gasteiger partial charge in [0.15, 0.2) is 0 Å². The summed E-state index contributed by atoms with van der Waals surface area (Å²) in [6.45, 7) is 2.37. The van der Waals surface area contributed by atoms with Crippen molar-refractivity contribution < 1.29 is 19.1 Å². The predicted molar refractivity (Wildman–Crippen MR) is 87.4 cm³/mol. The molecule has 2 aliphatic carbocycles. The molecule has 6 heteroatoms. The molecule has 0 radical (unpaired) electrons. The first-order valence-corrected chi connectivity index (χ1v) is 9.02. The Balaban J connectivity index is 1.33. The zero-order chi connectivity index (χ0) is 16.6. The molecule has 0 aromatic carbocycles. The lowest BCUT2D eigenvalue weighted by molar-refractivity contribution is -0.00990. The number of amides is 2. The summed E-state index contributed by atoms with van der Waals surface area (Å²) in [5, 5.41) is 13.4. The molecule has 0 spiro atoms. The molecular weight excluding hydrogens is 308 g/mol. The molecule has 132 valence electrons. The molecule has 24 heavy (non-hydrogen) atoms. The van der Waals surface area contributed by atoms with Gasteiger partial charge >= 0.3 is 6.03 Å². The van der Waals surface area contributed by atoms with E-state index >= 15 is 0 Å². The molecule has 1 aliphatic heterocycles. The third kappa shape index (κ3) is 3.30. The van der Waals surface area contributed by atoms with Gasteiger partial charge in [-0.05, 0) is 49.1 Å². The number of carbonyl (C=O) groups is 1. The summed E-state index contributed by atoms with van der Waals surface area (Å²) in [4.78, 5) is 14.5. The van der Waals surface area contributed by atoms with Crippen molar-refractivity contribution in [1.82, 2.24) is 10.2 Å². The van der Waals surface area contributed by atoms with Gasteiger partial charge in [0, 0.05) is 19.5 Å². The van der Waals surface area contributed by atoms with Crippen LogP contribution in [0.1, 0.15) is 44.0 Å². The second-order valence-corrected chi connectivity index (χ2v) is 7.48. The van der Waals surface area contributed by atoms with Crippen LogP contribution >= 0.6 is 0 Å². The lowest BCUT2D eigenvalue weighted by Gasteiger charge is -2.36. The lowest BCUT2D eigenvalue weighted by Crippen LogP contribution is -2.53. The Labute approximate surface area is 142 Å². The minimum Gasteiger partial charge on any atom is -0.467 e. The normalized spacial score (nSPS) is 26.9. The SMILES string of the molecule is O=C(NCC1(C2CC2)CC1)N1CCOC[C@@H]1C[C@H](O)c1ccco1. The number of hydrogen-bond acceptors (Lipinski definition) is 4. The number of aliphatic hydroxyl groups excluding tert-OH is 1. The Kier molecular flexibility index (Phi) is 4.26. The van der Waals surface area contributed by atoms with E-state index in [2.05, 4.69) is 5.32 Å². The summed E-state index contributed by atoms with van der Waals surface area (Å²) >= 11 is 0. The topological polar surface area (TPSA) is 74.9 Å². The van der Waals surface area contributed by atoms with Gasteiger partial charge in [-0.1, -0.05) is 0 Å². The van der Waals surface area contributed by atoms with Gasteiger partial charge in [0.25, 0.3) is 0 Å². The van der Waals surface area contributed by atoms with Crippen molar-refractivity contribution in [3.8, 4) is 0 Å². The molecular formula is C18H26N2O4. The van der Waals surface area contributed by atoms with Gasteiger partial charge in [0.05, 0.1) is 25.5 Å². The summed E-state index contributed by atoms with van der Waals surface area (Å²) < 4.78 is 10.8. The number of furan rings is 1. The molecule has 3 fully saturated rings. The van der Waals surface area contributed by atoms with E-state index in [1.807, 2.05) is 4.90 Å². The van der Waals surface area contributed by atoms with E-state index in [1.165, 1.54) is 25.7 Å². The van der Waals surface area contributed by atoms with Crippen LogP contribution in [-0.2, 0) is 4.74 Å². The minimum atomic E-state index is -0.719. The fourth-order valence-corrected chi connectivity index (χ4v) is 3.91. The third-order valence-corrected chi connectivity index (χ3v) is 5.78. The predicted octanol–water partition coefficient (Wildman–Crippen LogP) is 2.30. The maximum Gasteiger partial charge on any atom is 0.317 e. The van der Waals surface area contributed by atoms with Crippen LogP contribution in [0.25, 0.3) is 0 Å². The van der Waals surface area contributed by atoms with E-state index in [0.29, 0.717) is 37.4 Å². The van der Waals surface area contributed by atoms with E-state index in [4.69, 9.17) is 9.15 Å². The first kappa shape index (κ1) is 16.0. The molecule has 1 saturated heterocycles. The molecule has 6 nitrogen and oxygen atoms in total. The summed E-state index contributed by atoms with van der Waals surface area (Å²) in [7, 11) is 0. The first-order valence-electron chi connectivity index (χ1n) is 9.02. The number of ether oxygens (including phenoxy) is 1. The number of morpholine rings is 1. The molecule has 3 aliphatic rings. The van der Waals surface area contributed by atoms with E-state index in [0.717, 1.165) is 12.5 Å². The monoisotopic (exact) mass is 334 g/mol. The van der Waals surface area contributed by atoms with Crippen LogP contribution in [-0.4, -0.2) is 48.4 Å². The quantitative estimate of drug-likeness (QED) is 0.837. The molecule has 1 aromatic rings. The van der Waals surface area contributed by atoms with Crippen LogP contribution in [0, 0.1) is 11.3 Å². The highest BCUT2D eigenvalue weighted by atomic mass is 16.5. The maximum absolute atomic E-state index is 12.6. The second kappa shape index (κ2) is 6.41. The summed E-state index contributed by atoms with van der Waals surface area (Å²) in [6, 6.07) is 3.36. The van der Waals surface area contributed by atoms with Gasteiger partial charge in [0.1, 0.15) is 11.9 Å². The Morgan fingerprint density at radius 3 is 2.96 bits per heavy atom. The Hall–Kier alpha value is -1.53. The summed E-state index contributed by atoms with van der Waals surface area (Å²) in [5.41, 5.74) is 0.394. The lowest BCUT2D eigenvalue weighted by atomic mass is 10.0. The first-order chi connectivity index (χ1) is 11.7. The maximum atomic E-state index is 12.6. The number of hydrogen-bond donors (Lipinski definition) is 2. The number of carbonyl (C=O) groups excluding carboxylic acids is 1. The highest BCUT2D eigenvalue weighted by Gasteiger charge is 2.53. The van der Waals surface area contributed by atoms with Crippen molar-refractivity contribution in [1.29, 1.82) is 0 Å². The molecule has 2 heterocycles. The molecule has 2 N–H and O–H groups in total. The zero-order valence-corrected chi connectivity index (χ0v) is 13.9. The Morgan fingerprint density at radius 1 is 1.46 bits per heavy atom. The van der Waals surface area contributed by atoms with Crippen molar-refractivity contribution >= 4 is 6.03 Å². The van der Waals surface area contributed by atoms with Crippen LogP contribution in [0.2, 0.25) is 0 Å². The third-order valence-electron chi connectivity index (χ3n) is 5.78. The fourth-order valence-electron chi connectivity index (χ4n) is 3.91. The number of urea groups is 1. The molecule has 2 amide bonds. The second-order valence-electron chi connectivity index (χ2n) is 7.48. The highest BCUT2D eigenvalue weighted by Crippen LogP contribution is 2.60. The molecule has 2 atom stereocenters. The van der Waals surface area contributed by atoms with Gasteiger partial charge in [-0.25, -0.2) is 4.79 Å². The molecule has 0 unspecified atom stereocenters. The van der Waals surface area contributed by atoms with Crippen LogP contribution in [0.5, 0.6) is 0 Å². The molecule has 1 aromatic heterocycles. The highest BCUT2D eigenvalue weighted by molar-refractivity contribution is 5.74. The van der Waals surface area contributed by atoms with Gasteiger partial charge < -0.3 is 24.5 Å². The van der Waals surface area contributed by atoms with Gasteiger partial charge in [-0.15, -0.1) is 0 Å². The standard InChI is InChI=1S/C18H26N2O4/c21-15(16-2-1-8-24-16)10-14-11-23-9-7-20(14)17(22)19-12-18(5-6-18)13-3-4-13/h1-2,8,13-15,21H,3-7,9-12H2,(H,19,22)/t14-,15-/m0/s1. The fraction of sp³-hybridized carbons (Fsp3) is 0.722. The van der Waals surface area contributed by atoms with Crippen LogP contribution < -0.4 is 5.32 Å². The zero-order valence-electron chi connectivity index (χ0n) is 13.9.